The van der Waals surface area contributed by atoms with Gasteiger partial charge in [-0.2, -0.15) is 0 Å². The average molecular weight is 329 g/mol. The molecule has 1 fully saturated rings. The third-order valence-corrected chi connectivity index (χ3v) is 3.89. The zero-order chi connectivity index (χ0) is 16.4. The molecular weight excluding hydrogens is 316 g/mol. The van der Waals surface area contributed by atoms with Gasteiger partial charge in [0.2, 0.25) is 0 Å². The second-order valence-corrected chi connectivity index (χ2v) is 5.55. The van der Waals surface area contributed by atoms with Gasteiger partial charge in [0.15, 0.2) is 0 Å². The molecule has 0 aliphatic carbocycles. The molecule has 6 heteroatoms. The molecule has 0 saturated carbocycles. The smallest absolute Gasteiger partial charge is 0.352 e. The molecule has 0 bridgehead atoms. The van der Waals surface area contributed by atoms with Crippen LogP contribution in [0.15, 0.2) is 48.5 Å². The fourth-order valence-corrected chi connectivity index (χ4v) is 2.54. The maximum absolute atomic E-state index is 12.3. The van der Waals surface area contributed by atoms with Gasteiger partial charge in [-0.15, -0.1) is 0 Å². The molecule has 2 aromatic rings. The fraction of sp³-hybridized carbons (Fsp3) is 0.118. The predicted molar refractivity (Wildman–Crippen MR) is 87.3 cm³/mol. The van der Waals surface area contributed by atoms with Gasteiger partial charge in [0.25, 0.3) is 5.91 Å². The lowest BCUT2D eigenvalue weighted by molar-refractivity contribution is -0.132. The number of para-hydroxylation sites is 1. The van der Waals surface area contributed by atoms with Gasteiger partial charge in [-0.05, 0) is 35.9 Å². The highest BCUT2D eigenvalue weighted by Crippen LogP contribution is 2.30. The van der Waals surface area contributed by atoms with Crippen molar-refractivity contribution >= 4 is 34.9 Å². The first kappa shape index (κ1) is 15.2. The largest absolute Gasteiger partial charge is 0.460 e. The van der Waals surface area contributed by atoms with Gasteiger partial charge in [0.1, 0.15) is 12.3 Å². The van der Waals surface area contributed by atoms with Crippen LogP contribution in [0.2, 0.25) is 5.02 Å². The molecule has 1 heterocycles. The number of carbonyl (C=O) groups is 2. The number of nitrogens with one attached hydrogen (secondary N) is 2. The Balaban J connectivity index is 1.86. The SMILES string of the molecule is N=C1C(=O)OC[C@@H]1c1ccccc1NC(=O)c1ccc(Cl)cc1. The summed E-state index contributed by atoms with van der Waals surface area (Å²) in [6.45, 7) is 0.117. The monoisotopic (exact) mass is 328 g/mol. The van der Waals surface area contributed by atoms with Gasteiger partial charge in [0.05, 0.1) is 5.92 Å². The molecule has 23 heavy (non-hydrogen) atoms. The Morgan fingerprint density at radius 1 is 1.17 bits per heavy atom. The Morgan fingerprint density at radius 3 is 2.52 bits per heavy atom. The van der Waals surface area contributed by atoms with Crippen molar-refractivity contribution in [3.63, 3.8) is 0 Å². The molecule has 1 atom stereocenters. The van der Waals surface area contributed by atoms with E-state index in [0.717, 1.165) is 0 Å². The molecule has 3 rings (SSSR count). The molecule has 0 aromatic heterocycles. The van der Waals surface area contributed by atoms with Gasteiger partial charge in [-0.25, -0.2) is 4.79 Å². The van der Waals surface area contributed by atoms with Crippen molar-refractivity contribution in [3.05, 3.63) is 64.7 Å². The highest BCUT2D eigenvalue weighted by atomic mass is 35.5. The summed E-state index contributed by atoms with van der Waals surface area (Å²) in [6.07, 6.45) is 0. The van der Waals surface area contributed by atoms with Crippen molar-refractivity contribution in [2.24, 2.45) is 0 Å². The molecule has 1 saturated heterocycles. The molecule has 2 N–H and O–H groups in total. The maximum atomic E-state index is 12.3. The Morgan fingerprint density at radius 2 is 1.87 bits per heavy atom. The van der Waals surface area contributed by atoms with Crippen LogP contribution in [0.4, 0.5) is 5.69 Å². The minimum atomic E-state index is -0.617. The summed E-state index contributed by atoms with van der Waals surface area (Å²) in [6, 6.07) is 13.6. The number of halogens is 1. The van der Waals surface area contributed by atoms with Crippen LogP contribution in [0, 0.1) is 5.41 Å². The number of rotatable bonds is 3. The first-order chi connectivity index (χ1) is 11.1. The highest BCUT2D eigenvalue weighted by Gasteiger charge is 2.33. The molecule has 5 nitrogen and oxygen atoms in total. The molecule has 0 unspecified atom stereocenters. The third-order valence-electron chi connectivity index (χ3n) is 3.64. The summed E-state index contributed by atoms with van der Waals surface area (Å²) in [7, 11) is 0. The average Bonchev–Trinajstić information content (AvgIpc) is 2.88. The minimum Gasteiger partial charge on any atom is -0.460 e. The summed E-state index contributed by atoms with van der Waals surface area (Å²) in [5, 5.41) is 11.2. The van der Waals surface area contributed by atoms with E-state index in [1.807, 2.05) is 0 Å². The standard InChI is InChI=1S/C17H13ClN2O3/c18-11-7-5-10(6-8-11)16(21)20-14-4-2-1-3-12(14)13-9-23-17(22)15(13)19/h1-8,13,19H,9H2,(H,20,21)/t13-/m1/s1. The van der Waals surface area contributed by atoms with Gasteiger partial charge in [0, 0.05) is 16.3 Å². The first-order valence-corrected chi connectivity index (χ1v) is 7.35. The second kappa shape index (κ2) is 6.22. The molecule has 0 spiro atoms. The number of ether oxygens (including phenoxy) is 1. The summed E-state index contributed by atoms with van der Waals surface area (Å²) >= 11 is 5.82. The van der Waals surface area contributed by atoms with Crippen LogP contribution < -0.4 is 5.32 Å². The minimum absolute atomic E-state index is 0.0989. The summed E-state index contributed by atoms with van der Waals surface area (Å²) < 4.78 is 4.90. The molecular formula is C17H13ClN2O3. The number of benzene rings is 2. The van der Waals surface area contributed by atoms with Gasteiger partial charge >= 0.3 is 5.97 Å². The van der Waals surface area contributed by atoms with Crippen molar-refractivity contribution < 1.29 is 14.3 Å². The van der Waals surface area contributed by atoms with E-state index < -0.39 is 11.9 Å². The van der Waals surface area contributed by atoms with Crippen LogP contribution in [0.5, 0.6) is 0 Å². The van der Waals surface area contributed by atoms with Crippen LogP contribution >= 0.6 is 11.6 Å². The van der Waals surface area contributed by atoms with Crippen LogP contribution in [0.1, 0.15) is 21.8 Å². The number of carbonyl (C=O) groups excluding carboxylic acids is 2. The van der Waals surface area contributed by atoms with Crippen molar-refractivity contribution in [3.8, 4) is 0 Å². The van der Waals surface area contributed by atoms with Crippen molar-refractivity contribution in [1.82, 2.24) is 0 Å². The molecule has 2 aromatic carbocycles. The highest BCUT2D eigenvalue weighted by molar-refractivity contribution is 6.39. The number of hydrogen-bond acceptors (Lipinski definition) is 4. The summed E-state index contributed by atoms with van der Waals surface area (Å²) in [5.74, 6) is -1.37. The van der Waals surface area contributed by atoms with Crippen LogP contribution in [0.25, 0.3) is 0 Å². The van der Waals surface area contributed by atoms with E-state index in [0.29, 0.717) is 21.8 Å². The molecule has 1 aliphatic heterocycles. The topological polar surface area (TPSA) is 79.2 Å². The molecule has 1 amide bonds. The van der Waals surface area contributed by atoms with E-state index in [1.54, 1.807) is 48.5 Å². The van der Waals surface area contributed by atoms with E-state index in [-0.39, 0.29) is 18.2 Å². The maximum Gasteiger partial charge on any atom is 0.352 e. The van der Waals surface area contributed by atoms with Crippen molar-refractivity contribution in [2.45, 2.75) is 5.92 Å². The van der Waals surface area contributed by atoms with Gasteiger partial charge < -0.3 is 10.1 Å². The summed E-state index contributed by atoms with van der Waals surface area (Å²) in [4.78, 5) is 23.7. The lowest BCUT2D eigenvalue weighted by Crippen LogP contribution is -2.17. The Labute approximate surface area is 137 Å². The van der Waals surface area contributed by atoms with E-state index in [2.05, 4.69) is 5.32 Å². The van der Waals surface area contributed by atoms with E-state index in [9.17, 15) is 9.59 Å². The number of amides is 1. The van der Waals surface area contributed by atoms with Crippen molar-refractivity contribution in [2.75, 3.05) is 11.9 Å². The van der Waals surface area contributed by atoms with Gasteiger partial charge in [-0.3, -0.25) is 10.2 Å². The van der Waals surface area contributed by atoms with Crippen LogP contribution in [-0.4, -0.2) is 24.2 Å². The number of cyclic esters (lactones) is 1. The quantitative estimate of drug-likeness (QED) is 0.849. The second-order valence-electron chi connectivity index (χ2n) is 5.11. The Bertz CT molecular complexity index is 787. The number of hydrogen-bond donors (Lipinski definition) is 2. The molecule has 0 radical (unpaired) electrons. The molecule has 116 valence electrons. The van der Waals surface area contributed by atoms with E-state index >= 15 is 0 Å². The Hall–Kier alpha value is -2.66. The zero-order valence-electron chi connectivity index (χ0n) is 12.0. The van der Waals surface area contributed by atoms with E-state index in [4.69, 9.17) is 21.7 Å². The third kappa shape index (κ3) is 3.10. The number of anilines is 1. The lowest BCUT2D eigenvalue weighted by Gasteiger charge is -2.14. The fourth-order valence-electron chi connectivity index (χ4n) is 2.42. The number of esters is 1. The van der Waals surface area contributed by atoms with Crippen LogP contribution in [-0.2, 0) is 9.53 Å². The van der Waals surface area contributed by atoms with Gasteiger partial charge in [-0.1, -0.05) is 29.8 Å². The van der Waals surface area contributed by atoms with Crippen LogP contribution in [0.3, 0.4) is 0 Å². The predicted octanol–water partition coefficient (Wildman–Crippen LogP) is 3.25. The Kier molecular flexibility index (Phi) is 4.12. The lowest BCUT2D eigenvalue weighted by atomic mass is 9.95. The van der Waals surface area contributed by atoms with E-state index in [1.165, 1.54) is 0 Å². The first-order valence-electron chi connectivity index (χ1n) is 6.97. The normalized spacial score (nSPS) is 17.0. The van der Waals surface area contributed by atoms with Crippen molar-refractivity contribution in [1.29, 1.82) is 5.41 Å². The zero-order valence-corrected chi connectivity index (χ0v) is 12.8. The summed E-state index contributed by atoms with van der Waals surface area (Å²) in [5.41, 5.74) is 1.61. The molecule has 1 aliphatic rings.